The molecule has 4 aromatic rings. The van der Waals surface area contributed by atoms with Gasteiger partial charge in [0.1, 0.15) is 10.9 Å². The van der Waals surface area contributed by atoms with Gasteiger partial charge in [0.15, 0.2) is 6.17 Å². The van der Waals surface area contributed by atoms with Crippen molar-refractivity contribution in [1.82, 2.24) is 15.3 Å². The number of carbonyl (C=O) groups is 1. The smallest absolute Gasteiger partial charge is 0.292 e. The van der Waals surface area contributed by atoms with E-state index in [1.54, 1.807) is 18.4 Å². The van der Waals surface area contributed by atoms with Crippen LogP contribution in [0, 0.1) is 6.92 Å². The van der Waals surface area contributed by atoms with E-state index in [4.69, 9.17) is 23.2 Å². The van der Waals surface area contributed by atoms with E-state index in [1.165, 1.54) is 5.01 Å². The number of rotatable bonds is 4. The van der Waals surface area contributed by atoms with Gasteiger partial charge in [0.25, 0.3) is 5.91 Å². The predicted octanol–water partition coefficient (Wildman–Crippen LogP) is 6.36. The van der Waals surface area contributed by atoms with Crippen molar-refractivity contribution in [2.75, 3.05) is 0 Å². The summed E-state index contributed by atoms with van der Waals surface area (Å²) in [6.45, 7) is 2.02. The van der Waals surface area contributed by atoms with E-state index in [1.807, 2.05) is 79.7 Å². The molecule has 3 aromatic carbocycles. The fourth-order valence-electron chi connectivity index (χ4n) is 3.84. The molecule has 1 N–H and O–H groups in total. The number of aryl methyl sites for hydroxylation is 1. The van der Waals surface area contributed by atoms with Gasteiger partial charge in [0, 0.05) is 16.0 Å². The van der Waals surface area contributed by atoms with E-state index in [9.17, 15) is 4.79 Å². The van der Waals surface area contributed by atoms with Crippen molar-refractivity contribution < 1.29 is 4.79 Å². The zero-order valence-electron chi connectivity index (χ0n) is 18.2. The van der Waals surface area contributed by atoms with E-state index in [2.05, 4.69) is 15.4 Å². The Morgan fingerprint density at radius 3 is 2.53 bits per heavy atom. The summed E-state index contributed by atoms with van der Waals surface area (Å²) in [7, 11) is 0. The molecule has 0 aliphatic carbocycles. The summed E-state index contributed by atoms with van der Waals surface area (Å²) in [6, 6.07) is 24.9. The number of aromatic nitrogens is 1. The number of fused-ring (bicyclic) bond motifs is 1. The molecule has 0 bridgehead atoms. The van der Waals surface area contributed by atoms with Gasteiger partial charge < -0.3 is 5.32 Å². The molecular formula is C27H20Cl2N4O. The number of amides is 1. The number of halogens is 2. The SMILES string of the molecule is Cc1ccc2nc(Cl)c(/C=N/N3C(=O)/C(=C/c4ccccc4Cl)NC3c3ccccc3)cc2c1. The van der Waals surface area contributed by atoms with Crippen LogP contribution in [0.15, 0.2) is 89.7 Å². The van der Waals surface area contributed by atoms with Crippen molar-refractivity contribution in [2.24, 2.45) is 5.10 Å². The average Bonchev–Trinajstić information content (AvgIpc) is 3.15. The maximum absolute atomic E-state index is 13.4. The largest absolute Gasteiger partial charge is 0.355 e. The molecule has 1 aliphatic rings. The first-order valence-corrected chi connectivity index (χ1v) is 11.5. The van der Waals surface area contributed by atoms with Gasteiger partial charge >= 0.3 is 0 Å². The van der Waals surface area contributed by atoms with Gasteiger partial charge in [-0.25, -0.2) is 9.99 Å². The van der Waals surface area contributed by atoms with Gasteiger partial charge in [-0.05, 0) is 48.4 Å². The lowest BCUT2D eigenvalue weighted by atomic mass is 10.1. The molecule has 7 heteroatoms. The summed E-state index contributed by atoms with van der Waals surface area (Å²) in [4.78, 5) is 17.8. The molecule has 5 rings (SSSR count). The molecule has 1 saturated heterocycles. The topological polar surface area (TPSA) is 57.6 Å². The average molecular weight is 487 g/mol. The van der Waals surface area contributed by atoms with Gasteiger partial charge in [0.05, 0.1) is 11.7 Å². The first kappa shape index (κ1) is 22.1. The minimum Gasteiger partial charge on any atom is -0.355 e. The first-order valence-electron chi connectivity index (χ1n) is 10.7. The van der Waals surface area contributed by atoms with E-state index in [0.29, 0.717) is 21.4 Å². The number of hydrogen-bond donors (Lipinski definition) is 1. The summed E-state index contributed by atoms with van der Waals surface area (Å²) < 4.78 is 0. The van der Waals surface area contributed by atoms with E-state index in [0.717, 1.165) is 27.6 Å². The maximum Gasteiger partial charge on any atom is 0.292 e. The zero-order chi connectivity index (χ0) is 23.7. The quantitative estimate of drug-likeness (QED) is 0.207. The van der Waals surface area contributed by atoms with Crippen LogP contribution in [0.5, 0.6) is 0 Å². The predicted molar refractivity (Wildman–Crippen MR) is 138 cm³/mol. The summed E-state index contributed by atoms with van der Waals surface area (Å²) in [5.74, 6) is -0.272. The molecule has 34 heavy (non-hydrogen) atoms. The van der Waals surface area contributed by atoms with Crippen LogP contribution in [0.25, 0.3) is 17.0 Å². The maximum atomic E-state index is 13.4. The zero-order valence-corrected chi connectivity index (χ0v) is 19.8. The highest BCUT2D eigenvalue weighted by molar-refractivity contribution is 6.32. The van der Waals surface area contributed by atoms with Crippen molar-refractivity contribution in [1.29, 1.82) is 0 Å². The molecule has 0 radical (unpaired) electrons. The number of benzene rings is 3. The molecule has 1 aliphatic heterocycles. The van der Waals surface area contributed by atoms with Crippen LogP contribution < -0.4 is 5.32 Å². The standard InChI is InChI=1S/C27H20Cl2N4O/c1-17-11-12-23-20(13-17)14-21(25(29)31-23)16-30-33-26(18-7-3-2-4-8-18)32-24(27(33)34)15-19-9-5-6-10-22(19)28/h2-16,26,32H,1H3/b24-15-,30-16+. The summed E-state index contributed by atoms with van der Waals surface area (Å²) in [6.07, 6.45) is 2.84. The molecule has 5 nitrogen and oxygen atoms in total. The summed E-state index contributed by atoms with van der Waals surface area (Å²) in [5.41, 5.74) is 4.60. The lowest BCUT2D eigenvalue weighted by Crippen LogP contribution is -2.25. The molecular weight excluding hydrogens is 467 g/mol. The molecule has 0 spiro atoms. The van der Waals surface area contributed by atoms with E-state index >= 15 is 0 Å². The lowest BCUT2D eigenvalue weighted by Gasteiger charge is -2.19. The third-order valence-electron chi connectivity index (χ3n) is 5.57. The molecule has 0 saturated carbocycles. The Hall–Kier alpha value is -3.67. The normalized spacial score (nSPS) is 17.1. The van der Waals surface area contributed by atoms with E-state index in [-0.39, 0.29) is 5.91 Å². The van der Waals surface area contributed by atoms with Crippen LogP contribution in [0.2, 0.25) is 10.2 Å². The molecule has 1 amide bonds. The van der Waals surface area contributed by atoms with Crippen LogP contribution in [0.4, 0.5) is 0 Å². The first-order chi connectivity index (χ1) is 16.5. The fraction of sp³-hybridized carbons (Fsp3) is 0.0741. The Kier molecular flexibility index (Phi) is 6.05. The highest BCUT2D eigenvalue weighted by atomic mass is 35.5. The van der Waals surface area contributed by atoms with Gasteiger partial charge in [-0.1, -0.05) is 83.4 Å². The number of pyridine rings is 1. The Morgan fingerprint density at radius 2 is 1.74 bits per heavy atom. The third-order valence-corrected chi connectivity index (χ3v) is 6.21. The summed E-state index contributed by atoms with van der Waals surface area (Å²) >= 11 is 12.7. The second-order valence-corrected chi connectivity index (χ2v) is 8.76. The second-order valence-electron chi connectivity index (χ2n) is 8.00. The van der Waals surface area contributed by atoms with Crippen molar-refractivity contribution in [3.63, 3.8) is 0 Å². The Labute approximate surface area is 207 Å². The second kappa shape index (κ2) is 9.29. The molecule has 1 fully saturated rings. The Morgan fingerprint density at radius 1 is 0.971 bits per heavy atom. The number of carbonyl (C=O) groups excluding carboxylic acids is 1. The number of nitrogens with one attached hydrogen (secondary N) is 1. The summed E-state index contributed by atoms with van der Waals surface area (Å²) in [5, 5.41) is 11.1. The van der Waals surface area contributed by atoms with Crippen LogP contribution in [-0.2, 0) is 4.79 Å². The Balaban J connectivity index is 1.53. The van der Waals surface area contributed by atoms with Crippen LogP contribution in [0.3, 0.4) is 0 Å². The van der Waals surface area contributed by atoms with Crippen LogP contribution in [0.1, 0.15) is 28.4 Å². The minimum atomic E-state index is -0.479. The highest BCUT2D eigenvalue weighted by Crippen LogP contribution is 2.30. The van der Waals surface area contributed by atoms with Crippen molar-refractivity contribution in [3.8, 4) is 0 Å². The molecule has 168 valence electrons. The van der Waals surface area contributed by atoms with Crippen molar-refractivity contribution in [2.45, 2.75) is 13.1 Å². The van der Waals surface area contributed by atoms with E-state index < -0.39 is 6.17 Å². The van der Waals surface area contributed by atoms with Crippen LogP contribution >= 0.6 is 23.2 Å². The van der Waals surface area contributed by atoms with Crippen LogP contribution in [-0.4, -0.2) is 22.1 Å². The Bertz CT molecular complexity index is 1450. The fourth-order valence-corrected chi connectivity index (χ4v) is 4.23. The van der Waals surface area contributed by atoms with Gasteiger partial charge in [-0.3, -0.25) is 4.79 Å². The molecule has 1 unspecified atom stereocenters. The molecule has 1 atom stereocenters. The third kappa shape index (κ3) is 4.40. The van der Waals surface area contributed by atoms with Gasteiger partial charge in [-0.2, -0.15) is 5.10 Å². The van der Waals surface area contributed by atoms with Gasteiger partial charge in [0.2, 0.25) is 0 Å². The minimum absolute atomic E-state index is 0.272. The number of hydrogen-bond acceptors (Lipinski definition) is 4. The van der Waals surface area contributed by atoms with Crippen molar-refractivity contribution in [3.05, 3.63) is 117 Å². The van der Waals surface area contributed by atoms with Crippen molar-refractivity contribution >= 4 is 52.3 Å². The molecule has 1 aromatic heterocycles. The monoisotopic (exact) mass is 486 g/mol. The highest BCUT2D eigenvalue weighted by Gasteiger charge is 2.36. The lowest BCUT2D eigenvalue weighted by molar-refractivity contribution is -0.126. The number of nitrogens with zero attached hydrogens (tertiary/aromatic N) is 3. The number of hydrazone groups is 1. The molecule has 2 heterocycles. The van der Waals surface area contributed by atoms with Gasteiger partial charge in [-0.15, -0.1) is 0 Å².